The number of fused-ring (bicyclic) bond motifs is 3. The Balaban J connectivity index is 1.71. The molecule has 3 N–H and O–H groups in total. The summed E-state index contributed by atoms with van der Waals surface area (Å²) < 4.78 is 59.1. The van der Waals surface area contributed by atoms with Gasteiger partial charge in [-0.2, -0.15) is 13.2 Å². The summed E-state index contributed by atoms with van der Waals surface area (Å²) in [4.78, 5) is 39.0. The zero-order chi connectivity index (χ0) is 32.3. The molecule has 7 atom stereocenters. The molecule has 2 aliphatic carbocycles. The van der Waals surface area contributed by atoms with Crippen LogP contribution in [0.2, 0.25) is 0 Å². The number of alkyl halides is 3. The number of rotatable bonds is 11. The molecule has 0 spiro atoms. The lowest BCUT2D eigenvalue weighted by molar-refractivity contribution is -0.175. The highest BCUT2D eigenvalue weighted by Gasteiger charge is 2.52. The first kappa shape index (κ1) is 33.7. The van der Waals surface area contributed by atoms with Gasteiger partial charge in [0.2, 0.25) is 11.8 Å². The van der Waals surface area contributed by atoms with Crippen LogP contribution >= 0.6 is 0 Å². The second kappa shape index (κ2) is 13.9. The number of methoxy groups -OCH3 is 1. The van der Waals surface area contributed by atoms with E-state index in [9.17, 15) is 37.8 Å². The third-order valence-electron chi connectivity index (χ3n) is 8.82. The fraction of sp³-hybridized carbons (Fsp3) is 0.645. The Hall–Kier alpha value is -3.16. The summed E-state index contributed by atoms with van der Waals surface area (Å²) in [5.41, 5.74) is 0.436. The predicted octanol–water partition coefficient (Wildman–Crippen LogP) is 3.00. The molecule has 1 heterocycles. The zero-order valence-electron chi connectivity index (χ0n) is 25.3. The summed E-state index contributed by atoms with van der Waals surface area (Å²) in [5.74, 6) is -1.72. The number of benzene rings is 1. The van der Waals surface area contributed by atoms with Crippen molar-refractivity contribution >= 4 is 18.1 Å². The van der Waals surface area contributed by atoms with Gasteiger partial charge in [-0.15, -0.1) is 0 Å². The Labute approximate surface area is 254 Å². The molecule has 1 saturated carbocycles. The van der Waals surface area contributed by atoms with Crippen LogP contribution < -0.4 is 14.8 Å². The number of hydrogen-bond donors (Lipinski definition) is 3. The van der Waals surface area contributed by atoms with Crippen LogP contribution in [0.25, 0.3) is 0 Å². The van der Waals surface area contributed by atoms with Crippen molar-refractivity contribution in [3.8, 4) is 11.5 Å². The minimum absolute atomic E-state index is 0.0792. The van der Waals surface area contributed by atoms with Gasteiger partial charge in [0, 0.05) is 23.2 Å². The molecule has 1 aliphatic heterocycles. The largest absolute Gasteiger partial charge is 0.493 e. The van der Waals surface area contributed by atoms with Crippen LogP contribution in [0.4, 0.5) is 13.2 Å². The highest BCUT2D eigenvalue weighted by molar-refractivity contribution is 5.96. The Bertz CT molecular complexity index is 1250. The highest BCUT2D eigenvalue weighted by Crippen LogP contribution is 2.51. The molecule has 7 unspecified atom stereocenters. The second-order valence-corrected chi connectivity index (χ2v) is 12.2. The molecule has 1 aromatic carbocycles. The van der Waals surface area contributed by atoms with Gasteiger partial charge < -0.3 is 34.6 Å². The van der Waals surface area contributed by atoms with Crippen molar-refractivity contribution in [2.24, 2.45) is 17.8 Å². The molecule has 0 radical (unpaired) electrons. The lowest BCUT2D eigenvalue weighted by atomic mass is 9.75. The van der Waals surface area contributed by atoms with Crippen molar-refractivity contribution in [1.82, 2.24) is 10.2 Å². The minimum atomic E-state index is -4.83. The molecule has 2 amide bonds. The fourth-order valence-electron chi connectivity index (χ4n) is 6.68. The maximum absolute atomic E-state index is 13.9. The van der Waals surface area contributed by atoms with Gasteiger partial charge in [-0.3, -0.25) is 14.4 Å². The predicted molar refractivity (Wildman–Crippen MR) is 152 cm³/mol. The third-order valence-corrected chi connectivity index (χ3v) is 8.82. The fourth-order valence-corrected chi connectivity index (χ4v) is 6.68. The summed E-state index contributed by atoms with van der Waals surface area (Å²) in [7, 11) is 1.33. The van der Waals surface area contributed by atoms with Crippen LogP contribution in [-0.2, 0) is 14.3 Å². The average molecular weight is 627 g/mol. The molecule has 4 rings (SSSR count). The van der Waals surface area contributed by atoms with E-state index in [0.717, 1.165) is 18.9 Å². The van der Waals surface area contributed by atoms with Crippen LogP contribution in [0, 0.1) is 17.8 Å². The van der Waals surface area contributed by atoms with Gasteiger partial charge in [0.05, 0.1) is 31.8 Å². The quantitative estimate of drug-likeness (QED) is 0.319. The molecular formula is C31H41F3N2O8. The first-order valence-corrected chi connectivity index (χ1v) is 14.9. The summed E-state index contributed by atoms with van der Waals surface area (Å²) in [6, 6.07) is 1.24. The van der Waals surface area contributed by atoms with Gasteiger partial charge in [-0.05, 0) is 48.8 Å². The summed E-state index contributed by atoms with van der Waals surface area (Å²) in [5, 5.41) is 23.3. The number of carbonyl (C=O) groups is 3. The number of ether oxygens (including phenoxy) is 3. The van der Waals surface area contributed by atoms with Gasteiger partial charge in [0.1, 0.15) is 31.6 Å². The average Bonchev–Trinajstić information content (AvgIpc) is 3.36. The Morgan fingerprint density at radius 1 is 1.25 bits per heavy atom. The van der Waals surface area contributed by atoms with Crippen molar-refractivity contribution in [1.29, 1.82) is 0 Å². The molecule has 10 nitrogen and oxygen atoms in total. The second-order valence-electron chi connectivity index (χ2n) is 12.2. The van der Waals surface area contributed by atoms with E-state index >= 15 is 0 Å². The molecular weight excluding hydrogens is 585 g/mol. The smallest absolute Gasteiger partial charge is 0.406 e. The first-order valence-electron chi connectivity index (χ1n) is 14.9. The van der Waals surface area contributed by atoms with Gasteiger partial charge in [-0.25, -0.2) is 0 Å². The lowest BCUT2D eigenvalue weighted by Gasteiger charge is -2.41. The van der Waals surface area contributed by atoms with Crippen molar-refractivity contribution < 1.29 is 52.0 Å². The van der Waals surface area contributed by atoms with Crippen LogP contribution in [0.5, 0.6) is 11.5 Å². The molecule has 3 aliphatic rings. The van der Waals surface area contributed by atoms with E-state index in [2.05, 4.69) is 12.2 Å². The molecule has 0 saturated heterocycles. The van der Waals surface area contributed by atoms with Crippen LogP contribution in [0.3, 0.4) is 0 Å². The van der Waals surface area contributed by atoms with Crippen molar-refractivity contribution in [3.63, 3.8) is 0 Å². The number of aliphatic hydroxyl groups is 2. The van der Waals surface area contributed by atoms with Gasteiger partial charge >= 0.3 is 6.18 Å². The Morgan fingerprint density at radius 3 is 2.59 bits per heavy atom. The molecule has 1 fully saturated rings. The highest BCUT2D eigenvalue weighted by atomic mass is 19.4. The van der Waals surface area contributed by atoms with Gasteiger partial charge in [0.15, 0.2) is 11.5 Å². The number of nitrogens with zero attached hydrogens (tertiary/aromatic N) is 1. The standard InChI is InChI=1S/C31H41F3N2O8/c1-16(2)19-6-5-17(3)9-23(19)43-14-25(39)36(15-31(32,33)34)22-12-21(30(41)35-7-8-37)26-20-10-18(13-38)11-24(42-4)28(20)44-29(26)27(22)40/h10-13,16-17,19,22-23,26-27,29,37,40H,5-9,14-15H2,1-4H3,(H,35,41). The number of halogens is 3. The maximum Gasteiger partial charge on any atom is 0.406 e. The monoisotopic (exact) mass is 626 g/mol. The Kier molecular flexibility index (Phi) is 10.6. The number of aldehydes is 1. The molecule has 0 aromatic heterocycles. The van der Waals surface area contributed by atoms with Crippen molar-refractivity contribution in [2.75, 3.05) is 33.4 Å². The van der Waals surface area contributed by atoms with Crippen molar-refractivity contribution in [2.45, 2.75) is 76.5 Å². The molecule has 244 valence electrons. The number of hydrogen-bond acceptors (Lipinski definition) is 8. The van der Waals surface area contributed by atoms with E-state index in [1.54, 1.807) is 0 Å². The van der Waals surface area contributed by atoms with E-state index in [1.807, 2.05) is 13.8 Å². The van der Waals surface area contributed by atoms with Crippen molar-refractivity contribution in [3.05, 3.63) is 34.9 Å². The van der Waals surface area contributed by atoms with E-state index in [0.29, 0.717) is 29.1 Å². The molecule has 44 heavy (non-hydrogen) atoms. The topological polar surface area (TPSA) is 135 Å². The van der Waals surface area contributed by atoms with Crippen LogP contribution in [-0.4, -0.2) is 97.2 Å². The van der Waals surface area contributed by atoms with Gasteiger partial charge in [-0.1, -0.05) is 27.2 Å². The first-order chi connectivity index (χ1) is 20.8. The summed E-state index contributed by atoms with van der Waals surface area (Å²) >= 11 is 0. The Morgan fingerprint density at radius 2 is 1.98 bits per heavy atom. The summed E-state index contributed by atoms with van der Waals surface area (Å²) in [6.45, 7) is 3.28. The zero-order valence-corrected chi connectivity index (χ0v) is 25.3. The number of carbonyl (C=O) groups excluding carboxylic acids is 3. The third kappa shape index (κ3) is 7.21. The SMILES string of the molecule is COc1cc(C=O)cc2c1OC1C2C(C(=O)NCCO)=CC(N(CC(F)(F)F)C(=O)COC2CC(C)CCC2C(C)C)C1O. The minimum Gasteiger partial charge on any atom is -0.493 e. The van der Waals surface area contributed by atoms with E-state index in [-0.39, 0.29) is 47.1 Å². The molecule has 13 heteroatoms. The van der Waals surface area contributed by atoms with E-state index in [1.165, 1.54) is 19.2 Å². The number of nitrogens with one attached hydrogen (secondary N) is 1. The number of aliphatic hydroxyl groups excluding tert-OH is 2. The number of amides is 2. The van der Waals surface area contributed by atoms with Crippen LogP contribution in [0.1, 0.15) is 61.9 Å². The lowest BCUT2D eigenvalue weighted by Crippen LogP contribution is -2.58. The van der Waals surface area contributed by atoms with Crippen LogP contribution in [0.15, 0.2) is 23.8 Å². The normalized spacial score (nSPS) is 28.0. The molecule has 1 aromatic rings. The van der Waals surface area contributed by atoms with E-state index in [4.69, 9.17) is 14.2 Å². The molecule has 0 bridgehead atoms. The maximum atomic E-state index is 13.9. The summed E-state index contributed by atoms with van der Waals surface area (Å²) in [6.07, 6.45) is -3.86. The van der Waals surface area contributed by atoms with E-state index < -0.39 is 61.9 Å². The van der Waals surface area contributed by atoms with Gasteiger partial charge in [0.25, 0.3) is 0 Å².